The lowest BCUT2D eigenvalue weighted by Gasteiger charge is -2.39. The molecule has 1 aromatic rings. The second-order valence-corrected chi connectivity index (χ2v) is 8.02. The van der Waals surface area contributed by atoms with Gasteiger partial charge in [-0.2, -0.15) is 0 Å². The summed E-state index contributed by atoms with van der Waals surface area (Å²) in [5, 5.41) is 13.0. The van der Waals surface area contributed by atoms with Gasteiger partial charge in [0.05, 0.1) is 5.56 Å². The van der Waals surface area contributed by atoms with E-state index < -0.39 is 0 Å². The average molecular weight is 342 g/mol. The molecule has 4 aliphatic rings. The van der Waals surface area contributed by atoms with Crippen molar-refractivity contribution < 1.29 is 14.7 Å². The number of fused-ring (bicyclic) bond motifs is 1. The molecule has 5 heteroatoms. The number of benzene rings is 1. The average Bonchev–Trinajstić information content (AvgIpc) is 2.79. The summed E-state index contributed by atoms with van der Waals surface area (Å²) in [5.74, 6) is 1.93. The molecule has 4 fully saturated rings. The number of anilines is 1. The minimum Gasteiger partial charge on any atom is -0.507 e. The van der Waals surface area contributed by atoms with E-state index >= 15 is 0 Å². The first-order chi connectivity index (χ1) is 12.0. The Morgan fingerprint density at radius 1 is 1.12 bits per heavy atom. The molecule has 1 aromatic carbocycles. The molecule has 5 nitrogen and oxygen atoms in total. The van der Waals surface area contributed by atoms with Crippen LogP contribution < -0.4 is 5.32 Å². The summed E-state index contributed by atoms with van der Waals surface area (Å²) in [7, 11) is 0. The standard InChI is InChI=1S/C20H26N2O3/c1-2-19(24)21-15-3-4-18(23)17(10-15)20(25)22-11-14-6-12-5-13(7-14)9-16(22)8-12/h3-4,10,12-14,16,23H,2,5-9,11H2,1H3,(H,21,24)/t12-,13+,14?,16?. The second kappa shape index (κ2) is 6.36. The Labute approximate surface area is 148 Å². The third-order valence-electron chi connectivity index (χ3n) is 6.20. The van der Waals surface area contributed by atoms with Crippen molar-refractivity contribution in [3.63, 3.8) is 0 Å². The Balaban J connectivity index is 1.60. The van der Waals surface area contributed by atoms with Gasteiger partial charge in [0.2, 0.25) is 5.91 Å². The van der Waals surface area contributed by atoms with Crippen LogP contribution in [0.4, 0.5) is 5.69 Å². The van der Waals surface area contributed by atoms with Gasteiger partial charge in [-0.1, -0.05) is 6.92 Å². The topological polar surface area (TPSA) is 69.6 Å². The van der Waals surface area contributed by atoms with Gasteiger partial charge in [0.25, 0.3) is 5.91 Å². The molecule has 5 rings (SSSR count). The molecule has 4 atom stereocenters. The summed E-state index contributed by atoms with van der Waals surface area (Å²) in [5.41, 5.74) is 0.865. The van der Waals surface area contributed by atoms with Crippen molar-refractivity contribution in [1.29, 1.82) is 0 Å². The van der Waals surface area contributed by atoms with Crippen molar-refractivity contribution in [3.05, 3.63) is 23.8 Å². The molecule has 2 amide bonds. The van der Waals surface area contributed by atoms with Crippen molar-refractivity contribution >= 4 is 17.5 Å². The Morgan fingerprint density at radius 3 is 2.48 bits per heavy atom. The molecule has 2 saturated heterocycles. The zero-order valence-electron chi connectivity index (χ0n) is 14.7. The smallest absolute Gasteiger partial charge is 0.257 e. The van der Waals surface area contributed by atoms with Gasteiger partial charge < -0.3 is 15.3 Å². The molecule has 2 N–H and O–H groups in total. The fraction of sp³-hybridized carbons (Fsp3) is 0.600. The Kier molecular flexibility index (Phi) is 4.18. The van der Waals surface area contributed by atoms with E-state index in [1.807, 2.05) is 4.90 Å². The highest BCUT2D eigenvalue weighted by atomic mass is 16.3. The lowest BCUT2D eigenvalue weighted by Crippen LogP contribution is -2.42. The van der Waals surface area contributed by atoms with Crippen LogP contribution in [0.15, 0.2) is 18.2 Å². The highest BCUT2D eigenvalue weighted by Crippen LogP contribution is 2.48. The maximum Gasteiger partial charge on any atom is 0.257 e. The van der Waals surface area contributed by atoms with Gasteiger partial charge >= 0.3 is 0 Å². The van der Waals surface area contributed by atoms with Crippen molar-refractivity contribution in [2.45, 2.75) is 51.5 Å². The molecular weight excluding hydrogens is 316 g/mol. The van der Waals surface area contributed by atoms with E-state index in [9.17, 15) is 14.7 Å². The predicted octanol–water partition coefficient (Wildman–Crippen LogP) is 3.39. The Bertz CT molecular complexity index is 688. The van der Waals surface area contributed by atoms with E-state index in [4.69, 9.17) is 0 Å². The largest absolute Gasteiger partial charge is 0.507 e. The number of hydrogen-bond donors (Lipinski definition) is 2. The van der Waals surface area contributed by atoms with Crippen LogP contribution in [-0.4, -0.2) is 34.4 Å². The number of aromatic hydroxyl groups is 1. The Hall–Kier alpha value is -2.04. The molecule has 2 unspecified atom stereocenters. The summed E-state index contributed by atoms with van der Waals surface area (Å²) in [6.07, 6.45) is 6.41. The first kappa shape index (κ1) is 16.4. The number of phenols is 1. The zero-order valence-corrected chi connectivity index (χ0v) is 14.7. The van der Waals surface area contributed by atoms with E-state index in [1.54, 1.807) is 19.1 Å². The summed E-state index contributed by atoms with van der Waals surface area (Å²) >= 11 is 0. The van der Waals surface area contributed by atoms with Crippen LogP contribution in [0.1, 0.15) is 55.8 Å². The summed E-state index contributed by atoms with van der Waals surface area (Å²) < 4.78 is 0. The molecule has 2 aliphatic carbocycles. The van der Waals surface area contributed by atoms with Crippen molar-refractivity contribution in [2.75, 3.05) is 11.9 Å². The van der Waals surface area contributed by atoms with Crippen LogP contribution in [-0.2, 0) is 4.79 Å². The van der Waals surface area contributed by atoms with Gasteiger partial charge in [-0.3, -0.25) is 9.59 Å². The van der Waals surface area contributed by atoms with Crippen LogP contribution in [0.25, 0.3) is 0 Å². The maximum atomic E-state index is 13.2. The van der Waals surface area contributed by atoms with Gasteiger partial charge in [0.1, 0.15) is 5.75 Å². The molecule has 2 saturated carbocycles. The third-order valence-corrected chi connectivity index (χ3v) is 6.20. The number of rotatable bonds is 3. The molecular formula is C20H26N2O3. The maximum absolute atomic E-state index is 13.2. The van der Waals surface area contributed by atoms with Gasteiger partial charge in [0, 0.05) is 24.7 Å². The minimum absolute atomic E-state index is 0.0107. The molecule has 2 aliphatic heterocycles. The van der Waals surface area contributed by atoms with E-state index in [-0.39, 0.29) is 17.6 Å². The molecule has 0 spiro atoms. The monoisotopic (exact) mass is 342 g/mol. The first-order valence-electron chi connectivity index (χ1n) is 9.47. The highest BCUT2D eigenvalue weighted by Gasteiger charge is 2.44. The van der Waals surface area contributed by atoms with Crippen LogP contribution in [0, 0.1) is 17.8 Å². The SMILES string of the molecule is CCC(=O)Nc1ccc(O)c(C(=O)N2CC3C[C@@H]4CC2C[C@H](C3)C4)c1. The molecule has 2 heterocycles. The lowest BCUT2D eigenvalue weighted by atomic mass is 9.68. The van der Waals surface area contributed by atoms with E-state index in [0.717, 1.165) is 31.2 Å². The molecule has 134 valence electrons. The lowest BCUT2D eigenvalue weighted by molar-refractivity contribution is -0.115. The number of hydrogen-bond acceptors (Lipinski definition) is 3. The van der Waals surface area contributed by atoms with Crippen LogP contribution in [0.2, 0.25) is 0 Å². The highest BCUT2D eigenvalue weighted by molar-refractivity contribution is 5.99. The Morgan fingerprint density at radius 2 is 1.80 bits per heavy atom. The van der Waals surface area contributed by atoms with Crippen molar-refractivity contribution in [3.8, 4) is 5.75 Å². The molecule has 0 radical (unpaired) electrons. The number of nitrogens with one attached hydrogen (secondary N) is 1. The van der Waals surface area contributed by atoms with Gasteiger partial charge in [-0.05, 0) is 68.1 Å². The molecule has 4 bridgehead atoms. The van der Waals surface area contributed by atoms with Crippen molar-refractivity contribution in [1.82, 2.24) is 4.90 Å². The normalized spacial score (nSPS) is 30.2. The third kappa shape index (κ3) is 3.12. The fourth-order valence-corrected chi connectivity index (χ4v) is 5.22. The summed E-state index contributed by atoms with van der Waals surface area (Å²) in [6.45, 7) is 2.59. The molecule has 0 aromatic heterocycles. The number of amides is 2. The number of carbonyl (C=O) groups excluding carboxylic acids is 2. The van der Waals surface area contributed by atoms with Crippen molar-refractivity contribution in [2.24, 2.45) is 17.8 Å². The predicted molar refractivity (Wildman–Crippen MR) is 95.4 cm³/mol. The number of carbonyl (C=O) groups is 2. The van der Waals surface area contributed by atoms with Crippen LogP contribution in [0.5, 0.6) is 5.75 Å². The van der Waals surface area contributed by atoms with Crippen LogP contribution >= 0.6 is 0 Å². The van der Waals surface area contributed by atoms with E-state index in [1.165, 1.54) is 25.3 Å². The van der Waals surface area contributed by atoms with Gasteiger partial charge in [0.15, 0.2) is 0 Å². The summed E-state index contributed by atoms with van der Waals surface area (Å²) in [6, 6.07) is 5.05. The van der Waals surface area contributed by atoms with E-state index in [2.05, 4.69) is 5.32 Å². The van der Waals surface area contributed by atoms with Gasteiger partial charge in [-0.25, -0.2) is 0 Å². The quantitative estimate of drug-likeness (QED) is 0.827. The molecule has 25 heavy (non-hydrogen) atoms. The number of nitrogens with zero attached hydrogens (tertiary/aromatic N) is 1. The second-order valence-electron chi connectivity index (χ2n) is 8.02. The van der Waals surface area contributed by atoms with E-state index in [0.29, 0.717) is 29.6 Å². The summed E-state index contributed by atoms with van der Waals surface area (Å²) in [4.78, 5) is 26.8. The van der Waals surface area contributed by atoms with Crippen LogP contribution in [0.3, 0.4) is 0 Å². The first-order valence-corrected chi connectivity index (χ1v) is 9.47. The fourth-order valence-electron chi connectivity index (χ4n) is 5.22. The van der Waals surface area contributed by atoms with Gasteiger partial charge in [-0.15, -0.1) is 0 Å². The number of phenolic OH excluding ortho intramolecular Hbond substituents is 1. The zero-order chi connectivity index (χ0) is 17.6. The minimum atomic E-state index is -0.102.